The SMILES string of the molecule is CCC(N)(c1ccccc1F)C(C)C. The molecular formula is C12H18FN. The molecule has 1 atom stereocenters. The third-order valence-electron chi connectivity index (χ3n) is 2.99. The quantitative estimate of drug-likeness (QED) is 0.788. The minimum absolute atomic E-state index is 0.203. The molecule has 0 aromatic heterocycles. The van der Waals surface area contributed by atoms with Crippen LogP contribution in [0.15, 0.2) is 24.3 Å². The summed E-state index contributed by atoms with van der Waals surface area (Å²) in [6.45, 7) is 6.04. The molecule has 78 valence electrons. The van der Waals surface area contributed by atoms with Gasteiger partial charge in [0, 0.05) is 11.1 Å². The summed E-state index contributed by atoms with van der Waals surface area (Å²) in [5.74, 6) is 0.0231. The molecule has 1 unspecified atom stereocenters. The summed E-state index contributed by atoms with van der Waals surface area (Å²) in [5, 5.41) is 0. The highest BCUT2D eigenvalue weighted by Gasteiger charge is 2.31. The van der Waals surface area contributed by atoms with Gasteiger partial charge in [0.1, 0.15) is 5.82 Å². The molecule has 0 radical (unpaired) electrons. The Balaban J connectivity index is 3.19. The summed E-state index contributed by atoms with van der Waals surface area (Å²) in [5.41, 5.74) is 6.29. The Bertz CT molecular complexity index is 309. The van der Waals surface area contributed by atoms with E-state index in [4.69, 9.17) is 5.73 Å². The van der Waals surface area contributed by atoms with Crippen molar-refractivity contribution in [3.63, 3.8) is 0 Å². The molecule has 0 bridgehead atoms. The maximum Gasteiger partial charge on any atom is 0.128 e. The molecule has 0 aliphatic heterocycles. The van der Waals surface area contributed by atoms with Crippen molar-refractivity contribution >= 4 is 0 Å². The van der Waals surface area contributed by atoms with Crippen LogP contribution in [0.25, 0.3) is 0 Å². The second-order valence-corrected chi connectivity index (χ2v) is 4.03. The Morgan fingerprint density at radius 3 is 2.36 bits per heavy atom. The summed E-state index contributed by atoms with van der Waals surface area (Å²) < 4.78 is 13.6. The Morgan fingerprint density at radius 1 is 1.36 bits per heavy atom. The second-order valence-electron chi connectivity index (χ2n) is 4.03. The molecule has 0 fully saturated rings. The van der Waals surface area contributed by atoms with Crippen molar-refractivity contribution in [1.29, 1.82) is 0 Å². The lowest BCUT2D eigenvalue weighted by molar-refractivity contribution is 0.295. The first kappa shape index (κ1) is 11.2. The van der Waals surface area contributed by atoms with Gasteiger partial charge in [0.05, 0.1) is 0 Å². The molecule has 0 amide bonds. The molecule has 0 spiro atoms. The lowest BCUT2D eigenvalue weighted by atomic mass is 9.78. The number of halogens is 1. The van der Waals surface area contributed by atoms with E-state index in [1.165, 1.54) is 6.07 Å². The number of benzene rings is 1. The van der Waals surface area contributed by atoms with Gasteiger partial charge in [-0.1, -0.05) is 39.0 Å². The van der Waals surface area contributed by atoms with Gasteiger partial charge in [-0.25, -0.2) is 4.39 Å². The first-order valence-electron chi connectivity index (χ1n) is 5.06. The van der Waals surface area contributed by atoms with Crippen molar-refractivity contribution in [3.8, 4) is 0 Å². The highest BCUT2D eigenvalue weighted by molar-refractivity contribution is 5.26. The summed E-state index contributed by atoms with van der Waals surface area (Å²) in [6, 6.07) is 6.76. The molecule has 14 heavy (non-hydrogen) atoms. The fourth-order valence-electron chi connectivity index (χ4n) is 1.75. The first-order chi connectivity index (χ1) is 6.52. The van der Waals surface area contributed by atoms with Crippen LogP contribution in [0, 0.1) is 11.7 Å². The van der Waals surface area contributed by atoms with Crippen LogP contribution in [-0.2, 0) is 5.54 Å². The van der Waals surface area contributed by atoms with Crippen molar-refractivity contribution in [2.75, 3.05) is 0 Å². The molecular weight excluding hydrogens is 177 g/mol. The van der Waals surface area contributed by atoms with Crippen molar-refractivity contribution in [2.45, 2.75) is 32.7 Å². The molecule has 1 nitrogen and oxygen atoms in total. The van der Waals surface area contributed by atoms with E-state index in [2.05, 4.69) is 0 Å². The summed E-state index contributed by atoms with van der Waals surface area (Å²) in [6.07, 6.45) is 0.742. The minimum atomic E-state index is -0.550. The van der Waals surface area contributed by atoms with E-state index in [1.54, 1.807) is 12.1 Å². The number of hydrogen-bond acceptors (Lipinski definition) is 1. The zero-order valence-electron chi connectivity index (χ0n) is 9.05. The van der Waals surface area contributed by atoms with E-state index in [9.17, 15) is 4.39 Å². The Kier molecular flexibility index (Phi) is 3.27. The largest absolute Gasteiger partial charge is 0.321 e. The molecule has 0 aliphatic carbocycles. The summed E-state index contributed by atoms with van der Waals surface area (Å²) >= 11 is 0. The van der Waals surface area contributed by atoms with Crippen LogP contribution in [-0.4, -0.2) is 0 Å². The molecule has 2 heteroatoms. The van der Waals surface area contributed by atoms with E-state index in [1.807, 2.05) is 26.8 Å². The van der Waals surface area contributed by atoms with Crippen LogP contribution in [0.2, 0.25) is 0 Å². The van der Waals surface area contributed by atoms with Gasteiger partial charge >= 0.3 is 0 Å². The highest BCUT2D eigenvalue weighted by atomic mass is 19.1. The van der Waals surface area contributed by atoms with E-state index in [0.29, 0.717) is 5.56 Å². The Hall–Kier alpha value is -0.890. The normalized spacial score (nSPS) is 15.6. The summed E-state index contributed by atoms with van der Waals surface area (Å²) in [4.78, 5) is 0. The van der Waals surface area contributed by atoms with Gasteiger partial charge < -0.3 is 5.73 Å². The minimum Gasteiger partial charge on any atom is -0.321 e. The smallest absolute Gasteiger partial charge is 0.128 e. The highest BCUT2D eigenvalue weighted by Crippen LogP contribution is 2.31. The third-order valence-corrected chi connectivity index (χ3v) is 2.99. The van der Waals surface area contributed by atoms with E-state index < -0.39 is 5.54 Å². The Morgan fingerprint density at radius 2 is 1.93 bits per heavy atom. The van der Waals surface area contributed by atoms with Crippen LogP contribution in [0.3, 0.4) is 0 Å². The molecule has 0 saturated heterocycles. The number of rotatable bonds is 3. The molecule has 1 rings (SSSR count). The van der Waals surface area contributed by atoms with Gasteiger partial charge in [0.25, 0.3) is 0 Å². The van der Waals surface area contributed by atoms with Gasteiger partial charge in [0.15, 0.2) is 0 Å². The van der Waals surface area contributed by atoms with Gasteiger partial charge in [-0.15, -0.1) is 0 Å². The lowest BCUT2D eigenvalue weighted by Crippen LogP contribution is -2.42. The standard InChI is InChI=1S/C12H18FN/c1-4-12(14,9(2)3)10-7-5-6-8-11(10)13/h5-9H,4,14H2,1-3H3. The Labute approximate surface area is 85.1 Å². The van der Waals surface area contributed by atoms with Crippen molar-refractivity contribution < 1.29 is 4.39 Å². The van der Waals surface area contributed by atoms with Crippen LogP contribution >= 0.6 is 0 Å². The third kappa shape index (κ3) is 1.80. The van der Waals surface area contributed by atoms with E-state index in [0.717, 1.165) is 6.42 Å². The summed E-state index contributed by atoms with van der Waals surface area (Å²) in [7, 11) is 0. The lowest BCUT2D eigenvalue weighted by Gasteiger charge is -2.33. The molecule has 2 N–H and O–H groups in total. The van der Waals surface area contributed by atoms with E-state index >= 15 is 0 Å². The average molecular weight is 195 g/mol. The zero-order chi connectivity index (χ0) is 10.8. The number of hydrogen-bond donors (Lipinski definition) is 1. The molecule has 0 aliphatic rings. The first-order valence-corrected chi connectivity index (χ1v) is 5.06. The van der Waals surface area contributed by atoms with Crippen LogP contribution in [0.1, 0.15) is 32.8 Å². The second kappa shape index (κ2) is 4.09. The fourth-order valence-corrected chi connectivity index (χ4v) is 1.75. The molecule has 1 aromatic carbocycles. The molecule has 0 saturated carbocycles. The van der Waals surface area contributed by atoms with Crippen molar-refractivity contribution in [1.82, 2.24) is 0 Å². The van der Waals surface area contributed by atoms with Crippen LogP contribution in [0.4, 0.5) is 4.39 Å². The monoisotopic (exact) mass is 195 g/mol. The van der Waals surface area contributed by atoms with Crippen LogP contribution in [0.5, 0.6) is 0 Å². The van der Waals surface area contributed by atoms with Gasteiger partial charge in [0.2, 0.25) is 0 Å². The predicted molar refractivity (Wildman–Crippen MR) is 57.4 cm³/mol. The maximum absolute atomic E-state index is 13.6. The van der Waals surface area contributed by atoms with Crippen molar-refractivity contribution in [3.05, 3.63) is 35.6 Å². The molecule has 1 aromatic rings. The van der Waals surface area contributed by atoms with Gasteiger partial charge in [-0.3, -0.25) is 0 Å². The maximum atomic E-state index is 13.6. The van der Waals surface area contributed by atoms with Gasteiger partial charge in [-0.2, -0.15) is 0 Å². The van der Waals surface area contributed by atoms with Gasteiger partial charge in [-0.05, 0) is 18.4 Å². The average Bonchev–Trinajstić information content (AvgIpc) is 2.17. The predicted octanol–water partition coefficient (Wildman–Crippen LogP) is 3.05. The number of nitrogens with two attached hydrogens (primary N) is 1. The van der Waals surface area contributed by atoms with Crippen LogP contribution < -0.4 is 5.73 Å². The zero-order valence-corrected chi connectivity index (χ0v) is 9.05. The van der Waals surface area contributed by atoms with E-state index in [-0.39, 0.29) is 11.7 Å². The topological polar surface area (TPSA) is 26.0 Å². The van der Waals surface area contributed by atoms with Crippen molar-refractivity contribution in [2.24, 2.45) is 11.7 Å². The molecule has 0 heterocycles. The fraction of sp³-hybridized carbons (Fsp3) is 0.500.